The van der Waals surface area contributed by atoms with Crippen molar-refractivity contribution in [2.45, 2.75) is 12.2 Å². The third-order valence-electron chi connectivity index (χ3n) is 0.805. The number of aliphatic hydroxyl groups is 2. The molecule has 1 radical (unpaired) electrons. The minimum atomic E-state index is -2.27. The van der Waals surface area contributed by atoms with Gasteiger partial charge in [-0.3, -0.25) is 0 Å². The largest absolute Gasteiger partial charge is 0.479 e. The van der Waals surface area contributed by atoms with E-state index >= 15 is 0 Å². The van der Waals surface area contributed by atoms with E-state index in [-0.39, 0.29) is 20.1 Å². The number of rotatable bonds is 3. The first-order valence-corrected chi connectivity index (χ1v) is 2.28. The van der Waals surface area contributed by atoms with Crippen LogP contribution >= 0.6 is 0 Å². The fourth-order valence-electron chi connectivity index (χ4n) is 0.270. The molecule has 2 unspecified atom stereocenters. The summed E-state index contributed by atoms with van der Waals surface area (Å²) in [7, 11) is 0. The summed E-state index contributed by atoms with van der Waals surface area (Å²) in [5, 5.41) is 32.5. The van der Waals surface area contributed by atoms with Gasteiger partial charge in [0.2, 0.25) is 0 Å². The van der Waals surface area contributed by atoms with Crippen molar-refractivity contribution in [1.82, 2.24) is 0 Å². The Hall–Kier alpha value is -0.491. The number of carbonyl (C=O) groups is 2. The Labute approximate surface area is 74.8 Å². The molecule has 7 heteroatoms. The first kappa shape index (κ1) is 13.1. The summed E-state index contributed by atoms with van der Waals surface area (Å²) >= 11 is 0. The first-order chi connectivity index (χ1) is 4.46. The van der Waals surface area contributed by atoms with Crippen molar-refractivity contribution >= 4 is 11.9 Å². The van der Waals surface area contributed by atoms with E-state index in [1.807, 2.05) is 0 Å². The van der Waals surface area contributed by atoms with E-state index in [0.717, 1.165) is 0 Å². The number of hydrogen-bond acceptors (Lipinski definition) is 4. The van der Waals surface area contributed by atoms with E-state index in [1.165, 1.54) is 0 Å². The normalized spacial score (nSPS) is 14.4. The van der Waals surface area contributed by atoms with Gasteiger partial charge in [0, 0.05) is 20.1 Å². The maximum Gasteiger partial charge on any atom is 0.335 e. The number of aliphatic carboxylic acids is 2. The summed E-state index contributed by atoms with van der Waals surface area (Å²) in [4.78, 5) is 19.5. The van der Waals surface area contributed by atoms with Crippen molar-refractivity contribution in [2.24, 2.45) is 0 Å². The predicted molar refractivity (Wildman–Crippen MR) is 27.3 cm³/mol. The van der Waals surface area contributed by atoms with Gasteiger partial charge >= 0.3 is 11.9 Å². The van der Waals surface area contributed by atoms with Crippen molar-refractivity contribution in [2.75, 3.05) is 0 Å². The van der Waals surface area contributed by atoms with Gasteiger partial charge in [0.25, 0.3) is 0 Å². The van der Waals surface area contributed by atoms with Crippen molar-refractivity contribution in [3.63, 3.8) is 0 Å². The van der Waals surface area contributed by atoms with Crippen LogP contribution in [0.2, 0.25) is 0 Å². The molecule has 65 valence electrons. The molecule has 0 saturated carbocycles. The molecule has 2 atom stereocenters. The van der Waals surface area contributed by atoms with E-state index in [2.05, 4.69) is 0 Å². The third-order valence-corrected chi connectivity index (χ3v) is 0.805. The van der Waals surface area contributed by atoms with E-state index < -0.39 is 24.1 Å². The van der Waals surface area contributed by atoms with Gasteiger partial charge in [0.05, 0.1) is 0 Å². The minimum absolute atomic E-state index is 0. The molecular weight excluding hydrogens is 242 g/mol. The van der Waals surface area contributed by atoms with Crippen molar-refractivity contribution in [3.8, 4) is 0 Å². The average Bonchev–Trinajstić information content (AvgIpc) is 1.84. The molecule has 11 heavy (non-hydrogen) atoms. The van der Waals surface area contributed by atoms with Crippen LogP contribution in [0.15, 0.2) is 0 Å². The van der Waals surface area contributed by atoms with E-state index in [0.29, 0.717) is 0 Å². The second-order valence-corrected chi connectivity index (χ2v) is 1.57. The van der Waals surface area contributed by atoms with Gasteiger partial charge in [-0.2, -0.15) is 0 Å². The van der Waals surface area contributed by atoms with Crippen LogP contribution in [-0.2, 0) is 29.7 Å². The Morgan fingerprint density at radius 1 is 0.909 bits per heavy atom. The number of aliphatic hydroxyl groups excluding tert-OH is 2. The Balaban J connectivity index is 0. The van der Waals surface area contributed by atoms with Gasteiger partial charge in [-0.15, -0.1) is 0 Å². The zero-order valence-corrected chi connectivity index (χ0v) is 7.00. The van der Waals surface area contributed by atoms with Crippen molar-refractivity contribution in [1.29, 1.82) is 0 Å². The summed E-state index contributed by atoms with van der Waals surface area (Å²) in [6, 6.07) is 0. The van der Waals surface area contributed by atoms with Crippen LogP contribution < -0.4 is 0 Å². The summed E-state index contributed by atoms with van der Waals surface area (Å²) in [6.45, 7) is 0. The van der Waals surface area contributed by atoms with Gasteiger partial charge in [-0.1, -0.05) is 0 Å². The van der Waals surface area contributed by atoms with Crippen LogP contribution in [0.25, 0.3) is 0 Å². The topological polar surface area (TPSA) is 115 Å². The first-order valence-electron chi connectivity index (χ1n) is 2.28. The quantitative estimate of drug-likeness (QED) is 0.453. The Morgan fingerprint density at radius 3 is 1.18 bits per heavy atom. The molecular formula is C4H6O6Tc. The number of carboxylic acids is 2. The van der Waals surface area contributed by atoms with Crippen LogP contribution in [0, 0.1) is 0 Å². The van der Waals surface area contributed by atoms with Crippen LogP contribution in [-0.4, -0.2) is 44.6 Å². The Morgan fingerprint density at radius 2 is 1.09 bits per heavy atom. The Kier molecular flexibility index (Phi) is 6.20. The van der Waals surface area contributed by atoms with Crippen molar-refractivity contribution in [3.05, 3.63) is 0 Å². The van der Waals surface area contributed by atoms with E-state index in [4.69, 9.17) is 20.4 Å². The van der Waals surface area contributed by atoms with Gasteiger partial charge in [-0.05, 0) is 0 Å². The Bertz CT molecular complexity index is 139. The summed E-state index contributed by atoms with van der Waals surface area (Å²) in [5.74, 6) is -3.54. The van der Waals surface area contributed by atoms with Gasteiger partial charge < -0.3 is 20.4 Å². The summed E-state index contributed by atoms with van der Waals surface area (Å²) < 4.78 is 0. The van der Waals surface area contributed by atoms with E-state index in [1.54, 1.807) is 0 Å². The standard InChI is InChI=1S/C4H6O6.Tc/c5-1(3(7)8)2(6)4(9)10;/h1-2,5-6H,(H,7,8)(H,9,10);. The molecule has 0 aromatic heterocycles. The summed E-state index contributed by atoms with van der Waals surface area (Å²) in [5.41, 5.74) is 0. The molecule has 0 bridgehead atoms. The molecule has 0 aliphatic rings. The van der Waals surface area contributed by atoms with Crippen LogP contribution in [0.5, 0.6) is 0 Å². The molecule has 4 N–H and O–H groups in total. The molecule has 0 aliphatic heterocycles. The van der Waals surface area contributed by atoms with Gasteiger partial charge in [0.15, 0.2) is 12.2 Å². The van der Waals surface area contributed by atoms with Crippen LogP contribution in [0.1, 0.15) is 0 Å². The molecule has 6 nitrogen and oxygen atoms in total. The van der Waals surface area contributed by atoms with Gasteiger partial charge in [0.1, 0.15) is 0 Å². The maximum absolute atomic E-state index is 9.77. The molecule has 0 spiro atoms. The average molecular weight is 248 g/mol. The zero-order chi connectivity index (χ0) is 8.31. The zero-order valence-electron chi connectivity index (χ0n) is 5.14. The SMILES string of the molecule is O=C(O)C(O)C(O)C(=O)O.[Tc]. The fourth-order valence-corrected chi connectivity index (χ4v) is 0.270. The smallest absolute Gasteiger partial charge is 0.335 e. The molecule has 0 aromatic rings. The number of carboxylic acid groups (broad SMARTS) is 2. The minimum Gasteiger partial charge on any atom is -0.479 e. The number of hydrogen-bond donors (Lipinski definition) is 4. The van der Waals surface area contributed by atoms with Gasteiger partial charge in [-0.25, -0.2) is 9.59 Å². The molecule has 0 saturated heterocycles. The molecule has 0 aliphatic carbocycles. The molecule has 0 rings (SSSR count). The van der Waals surface area contributed by atoms with Crippen LogP contribution in [0.3, 0.4) is 0 Å². The second kappa shape index (κ2) is 5.20. The maximum atomic E-state index is 9.77. The van der Waals surface area contributed by atoms with Crippen molar-refractivity contribution < 1.29 is 50.1 Å². The van der Waals surface area contributed by atoms with E-state index in [9.17, 15) is 9.59 Å². The summed E-state index contributed by atoms with van der Waals surface area (Å²) in [6.07, 6.45) is -4.53. The monoisotopic (exact) mass is 247 g/mol. The predicted octanol–water partition coefficient (Wildman–Crippen LogP) is -2.13. The molecule has 0 fully saturated rings. The fraction of sp³-hybridized carbons (Fsp3) is 0.500. The molecule has 0 aromatic carbocycles. The van der Waals surface area contributed by atoms with Crippen LogP contribution in [0.4, 0.5) is 0 Å². The second-order valence-electron chi connectivity index (χ2n) is 1.57. The molecule has 0 amide bonds. The third kappa shape index (κ3) is 4.05. The molecule has 0 heterocycles.